The van der Waals surface area contributed by atoms with E-state index < -0.39 is 12.3 Å². The van der Waals surface area contributed by atoms with Crippen LogP contribution in [0.1, 0.15) is 0 Å². The van der Waals surface area contributed by atoms with E-state index in [0.717, 1.165) is 0 Å². The van der Waals surface area contributed by atoms with E-state index in [-0.39, 0.29) is 18.4 Å². The Morgan fingerprint density at radius 1 is 1.35 bits per heavy atom. The van der Waals surface area contributed by atoms with E-state index >= 15 is 0 Å². The van der Waals surface area contributed by atoms with Gasteiger partial charge in [0, 0.05) is 6.54 Å². The van der Waals surface area contributed by atoms with Crippen LogP contribution in [0.3, 0.4) is 0 Å². The van der Waals surface area contributed by atoms with E-state index in [1.165, 1.54) is 4.52 Å². The van der Waals surface area contributed by atoms with Gasteiger partial charge < -0.3 is 9.64 Å². The first-order chi connectivity index (χ1) is 9.43. The van der Waals surface area contributed by atoms with Crippen LogP contribution in [0.15, 0.2) is 18.3 Å². The van der Waals surface area contributed by atoms with E-state index in [1.54, 1.807) is 23.2 Å². The molecule has 1 unspecified atom stereocenters. The highest BCUT2D eigenvalue weighted by Gasteiger charge is 2.43. The van der Waals surface area contributed by atoms with Crippen molar-refractivity contribution in [1.82, 2.24) is 14.6 Å². The molecule has 0 N–H and O–H groups in total. The van der Waals surface area contributed by atoms with Crippen LogP contribution in [0, 0.1) is 0 Å². The SMILES string of the molecule is FC(F)(F)C1CN(c2ccc3nc(Cl)nn3c2)CCO1. The molecule has 3 heterocycles. The van der Waals surface area contributed by atoms with Gasteiger partial charge in [-0.15, -0.1) is 5.10 Å². The number of ether oxygens (including phenoxy) is 1. The second-order valence-corrected chi connectivity index (χ2v) is 4.76. The summed E-state index contributed by atoms with van der Waals surface area (Å²) in [6, 6.07) is 3.35. The highest BCUT2D eigenvalue weighted by Crippen LogP contribution is 2.28. The molecule has 1 aliphatic heterocycles. The molecule has 3 rings (SSSR count). The first kappa shape index (κ1) is 13.4. The summed E-state index contributed by atoms with van der Waals surface area (Å²) in [5, 5.41) is 4.02. The molecule has 1 atom stereocenters. The zero-order valence-electron chi connectivity index (χ0n) is 10.1. The number of alkyl halides is 3. The Bertz CT molecular complexity index is 630. The monoisotopic (exact) mass is 306 g/mol. The maximum Gasteiger partial charge on any atom is 0.416 e. The molecule has 0 aromatic carbocycles. The standard InChI is InChI=1S/C11H10ClF3N4O/c12-10-16-9-2-1-7(5-19(9)17-10)18-3-4-20-8(6-18)11(13,14)15/h1-2,5,8H,3-4,6H2. The smallest absolute Gasteiger partial charge is 0.365 e. The second-order valence-electron chi connectivity index (χ2n) is 4.42. The summed E-state index contributed by atoms with van der Waals surface area (Å²) < 4.78 is 44.3. The lowest BCUT2D eigenvalue weighted by Gasteiger charge is -2.35. The first-order valence-electron chi connectivity index (χ1n) is 5.89. The molecule has 1 aliphatic rings. The lowest BCUT2D eigenvalue weighted by Crippen LogP contribution is -2.49. The van der Waals surface area contributed by atoms with Crippen LogP contribution in [-0.4, -0.2) is 46.6 Å². The maximum atomic E-state index is 12.7. The molecule has 2 aromatic rings. The molecular weight excluding hydrogens is 297 g/mol. The quantitative estimate of drug-likeness (QED) is 0.810. The van der Waals surface area contributed by atoms with Crippen LogP contribution in [0.4, 0.5) is 18.9 Å². The average molecular weight is 307 g/mol. The van der Waals surface area contributed by atoms with E-state index in [0.29, 0.717) is 17.9 Å². The van der Waals surface area contributed by atoms with Crippen LogP contribution >= 0.6 is 11.6 Å². The lowest BCUT2D eigenvalue weighted by molar-refractivity contribution is -0.221. The summed E-state index contributed by atoms with van der Waals surface area (Å²) in [5.74, 6) is 0. The van der Waals surface area contributed by atoms with Gasteiger partial charge >= 0.3 is 6.18 Å². The van der Waals surface area contributed by atoms with Crippen molar-refractivity contribution in [2.24, 2.45) is 0 Å². The number of aromatic nitrogens is 3. The Morgan fingerprint density at radius 3 is 2.90 bits per heavy atom. The topological polar surface area (TPSA) is 42.7 Å². The van der Waals surface area contributed by atoms with Crippen molar-refractivity contribution in [2.75, 3.05) is 24.6 Å². The van der Waals surface area contributed by atoms with Crippen molar-refractivity contribution in [2.45, 2.75) is 12.3 Å². The molecule has 0 aliphatic carbocycles. The van der Waals surface area contributed by atoms with Gasteiger partial charge in [0.1, 0.15) is 0 Å². The molecule has 9 heteroatoms. The van der Waals surface area contributed by atoms with Gasteiger partial charge in [0.05, 0.1) is 25.0 Å². The van der Waals surface area contributed by atoms with Crippen molar-refractivity contribution < 1.29 is 17.9 Å². The van der Waals surface area contributed by atoms with Gasteiger partial charge in [-0.25, -0.2) is 4.52 Å². The number of anilines is 1. The molecule has 0 radical (unpaired) electrons. The Kier molecular flexibility index (Phi) is 3.21. The largest absolute Gasteiger partial charge is 0.416 e. The number of fused-ring (bicyclic) bond motifs is 1. The average Bonchev–Trinajstić information content (AvgIpc) is 2.77. The van der Waals surface area contributed by atoms with Crippen LogP contribution in [0.2, 0.25) is 5.28 Å². The number of pyridine rings is 1. The second kappa shape index (κ2) is 4.78. The third-order valence-corrected chi connectivity index (χ3v) is 3.25. The van der Waals surface area contributed by atoms with E-state index in [9.17, 15) is 13.2 Å². The van der Waals surface area contributed by atoms with Crippen molar-refractivity contribution in [3.63, 3.8) is 0 Å². The predicted molar refractivity (Wildman–Crippen MR) is 66.0 cm³/mol. The molecule has 0 bridgehead atoms. The molecule has 0 amide bonds. The summed E-state index contributed by atoms with van der Waals surface area (Å²) in [6.45, 7) is 0.179. The number of nitrogens with zero attached hydrogens (tertiary/aromatic N) is 4. The third-order valence-electron chi connectivity index (χ3n) is 3.09. The number of morpholine rings is 1. The van der Waals surface area contributed by atoms with E-state index in [4.69, 9.17) is 16.3 Å². The number of rotatable bonds is 1. The van der Waals surface area contributed by atoms with Crippen LogP contribution in [-0.2, 0) is 4.74 Å². The van der Waals surface area contributed by atoms with E-state index in [1.807, 2.05) is 0 Å². The maximum absolute atomic E-state index is 12.7. The fourth-order valence-corrected chi connectivity index (χ4v) is 2.28. The van der Waals surface area contributed by atoms with Crippen molar-refractivity contribution in [3.8, 4) is 0 Å². The highest BCUT2D eigenvalue weighted by atomic mass is 35.5. The summed E-state index contributed by atoms with van der Waals surface area (Å²) in [4.78, 5) is 5.56. The van der Waals surface area contributed by atoms with Crippen LogP contribution in [0.5, 0.6) is 0 Å². The Hall–Kier alpha value is -1.54. The van der Waals surface area contributed by atoms with Crippen molar-refractivity contribution in [3.05, 3.63) is 23.6 Å². The number of halogens is 4. The van der Waals surface area contributed by atoms with Crippen molar-refractivity contribution in [1.29, 1.82) is 0 Å². The molecule has 0 spiro atoms. The minimum Gasteiger partial charge on any atom is -0.365 e. The van der Waals surface area contributed by atoms with Gasteiger partial charge in [0.25, 0.3) is 0 Å². The summed E-state index contributed by atoms with van der Waals surface area (Å²) in [5.41, 5.74) is 1.16. The number of hydrogen-bond donors (Lipinski definition) is 0. The Labute approximate surface area is 116 Å². The first-order valence-corrected chi connectivity index (χ1v) is 6.26. The van der Waals surface area contributed by atoms with Crippen LogP contribution < -0.4 is 4.90 Å². The van der Waals surface area contributed by atoms with Crippen molar-refractivity contribution >= 4 is 22.9 Å². The lowest BCUT2D eigenvalue weighted by atomic mass is 10.2. The molecule has 1 saturated heterocycles. The van der Waals surface area contributed by atoms with Gasteiger partial charge in [-0.3, -0.25) is 0 Å². The zero-order valence-corrected chi connectivity index (χ0v) is 10.9. The fourth-order valence-electron chi connectivity index (χ4n) is 2.11. The highest BCUT2D eigenvalue weighted by molar-refractivity contribution is 6.28. The molecule has 108 valence electrons. The summed E-state index contributed by atoms with van der Waals surface area (Å²) in [6.07, 6.45) is -4.53. The Balaban J connectivity index is 1.86. The van der Waals surface area contributed by atoms with Gasteiger partial charge in [-0.2, -0.15) is 18.2 Å². The zero-order chi connectivity index (χ0) is 14.3. The summed E-state index contributed by atoms with van der Waals surface area (Å²) in [7, 11) is 0. The van der Waals surface area contributed by atoms with Gasteiger partial charge in [-0.05, 0) is 23.7 Å². The molecule has 5 nitrogen and oxygen atoms in total. The summed E-state index contributed by atoms with van der Waals surface area (Å²) >= 11 is 5.68. The van der Waals surface area contributed by atoms with Gasteiger partial charge in [0.15, 0.2) is 11.8 Å². The fraction of sp³-hybridized carbons (Fsp3) is 0.455. The third kappa shape index (κ3) is 2.53. The predicted octanol–water partition coefficient (Wildman–Crippen LogP) is 2.15. The van der Waals surface area contributed by atoms with Crippen LogP contribution in [0.25, 0.3) is 5.65 Å². The molecule has 1 fully saturated rings. The molecule has 0 saturated carbocycles. The van der Waals surface area contributed by atoms with E-state index in [2.05, 4.69) is 10.1 Å². The van der Waals surface area contributed by atoms with Gasteiger partial charge in [-0.1, -0.05) is 0 Å². The molecular formula is C11H10ClF3N4O. The molecule has 2 aromatic heterocycles. The minimum absolute atomic E-state index is 0.0281. The van der Waals surface area contributed by atoms with Gasteiger partial charge in [0.2, 0.25) is 5.28 Å². The molecule has 20 heavy (non-hydrogen) atoms. The minimum atomic E-state index is -4.36. The normalized spacial score (nSPS) is 20.6. The Morgan fingerprint density at radius 2 is 2.15 bits per heavy atom. The number of hydrogen-bond acceptors (Lipinski definition) is 4.